The normalized spacial score (nSPS) is 27.2. The van der Waals surface area contributed by atoms with Crippen LogP contribution in [-0.4, -0.2) is 18.1 Å². The van der Waals surface area contributed by atoms with Gasteiger partial charge < -0.3 is 0 Å². The maximum atomic E-state index is 11.7. The van der Waals surface area contributed by atoms with Crippen LogP contribution in [-0.2, 0) is 0 Å². The molecule has 0 saturated carbocycles. The van der Waals surface area contributed by atoms with Crippen molar-refractivity contribution < 1.29 is 13.2 Å². The van der Waals surface area contributed by atoms with Crippen LogP contribution in [0.4, 0.5) is 13.2 Å². The minimum absolute atomic E-state index is 0.0451. The van der Waals surface area contributed by atoms with Crippen molar-refractivity contribution in [2.24, 2.45) is 10.3 Å². The number of nitrogens with zero attached hydrogens (tertiary/aromatic N) is 1. The third-order valence-corrected chi connectivity index (χ3v) is 1.77. The number of alkyl halides is 3. The molecule has 1 heterocycles. The molecular formula is C4H4F3NS. The summed E-state index contributed by atoms with van der Waals surface area (Å²) in [5.74, 6) is -1.27. The molecule has 0 N–H and O–H groups in total. The average molecular weight is 155 g/mol. The van der Waals surface area contributed by atoms with Crippen LogP contribution in [0.1, 0.15) is 0 Å². The standard InChI is InChI=1S/C4H4F3NS/c5-4(6,7)3-1-8-9-2-3/h1,3H,2H2. The van der Waals surface area contributed by atoms with Crippen LogP contribution in [0.2, 0.25) is 0 Å². The highest BCUT2D eigenvalue weighted by atomic mass is 32.2. The minimum atomic E-state index is -4.09. The van der Waals surface area contributed by atoms with Crippen molar-refractivity contribution in [3.63, 3.8) is 0 Å². The van der Waals surface area contributed by atoms with Gasteiger partial charge in [0.25, 0.3) is 0 Å². The highest BCUT2D eigenvalue weighted by molar-refractivity contribution is 7.98. The molecule has 9 heavy (non-hydrogen) atoms. The Morgan fingerprint density at radius 1 is 1.56 bits per heavy atom. The Hall–Kier alpha value is -0.190. The highest BCUT2D eigenvalue weighted by Crippen LogP contribution is 2.31. The van der Waals surface area contributed by atoms with Crippen molar-refractivity contribution in [3.05, 3.63) is 0 Å². The molecule has 5 heteroatoms. The quantitative estimate of drug-likeness (QED) is 0.486. The molecule has 1 unspecified atom stereocenters. The molecule has 0 aliphatic carbocycles. The first-order valence-corrected chi connectivity index (χ1v) is 3.27. The van der Waals surface area contributed by atoms with Gasteiger partial charge in [-0.3, -0.25) is 0 Å². The van der Waals surface area contributed by atoms with E-state index in [-0.39, 0.29) is 5.75 Å². The second kappa shape index (κ2) is 2.21. The third kappa shape index (κ3) is 1.61. The van der Waals surface area contributed by atoms with Gasteiger partial charge in [-0.1, -0.05) is 0 Å². The zero-order valence-corrected chi connectivity index (χ0v) is 5.17. The Morgan fingerprint density at radius 3 is 2.44 bits per heavy atom. The van der Waals surface area contributed by atoms with Crippen molar-refractivity contribution in [3.8, 4) is 0 Å². The smallest absolute Gasteiger partial charge is 0.228 e. The van der Waals surface area contributed by atoms with Gasteiger partial charge in [0.1, 0.15) is 5.92 Å². The molecule has 1 nitrogen and oxygen atoms in total. The summed E-state index contributed by atoms with van der Waals surface area (Å²) in [6, 6.07) is 0. The summed E-state index contributed by atoms with van der Waals surface area (Å²) in [6.07, 6.45) is -3.14. The largest absolute Gasteiger partial charge is 0.397 e. The average Bonchev–Trinajstić information content (AvgIpc) is 2.08. The van der Waals surface area contributed by atoms with Crippen molar-refractivity contribution in [1.29, 1.82) is 0 Å². The van der Waals surface area contributed by atoms with E-state index in [0.29, 0.717) is 0 Å². The van der Waals surface area contributed by atoms with Gasteiger partial charge in [-0.15, -0.1) is 0 Å². The number of halogens is 3. The maximum absolute atomic E-state index is 11.7. The van der Waals surface area contributed by atoms with E-state index in [4.69, 9.17) is 0 Å². The lowest BCUT2D eigenvalue weighted by atomic mass is 10.2. The van der Waals surface area contributed by atoms with Crippen LogP contribution in [0.15, 0.2) is 4.40 Å². The van der Waals surface area contributed by atoms with Crippen molar-refractivity contribution in [2.45, 2.75) is 6.18 Å². The topological polar surface area (TPSA) is 12.4 Å². The van der Waals surface area contributed by atoms with Crippen LogP contribution in [0.3, 0.4) is 0 Å². The Bertz CT molecular complexity index is 130. The summed E-state index contributed by atoms with van der Waals surface area (Å²) in [5.41, 5.74) is 0. The number of rotatable bonds is 0. The summed E-state index contributed by atoms with van der Waals surface area (Å²) in [6.45, 7) is 0. The number of hydrogen-bond acceptors (Lipinski definition) is 2. The Labute approximate surface area is 54.5 Å². The van der Waals surface area contributed by atoms with Gasteiger partial charge >= 0.3 is 6.18 Å². The van der Waals surface area contributed by atoms with E-state index in [0.717, 1.165) is 18.2 Å². The van der Waals surface area contributed by atoms with Crippen LogP contribution in [0.5, 0.6) is 0 Å². The van der Waals surface area contributed by atoms with E-state index in [1.165, 1.54) is 0 Å². The molecule has 52 valence electrons. The summed E-state index contributed by atoms with van der Waals surface area (Å²) < 4.78 is 38.4. The SMILES string of the molecule is FC(F)(F)C1C=NSC1. The number of hydrogen-bond donors (Lipinski definition) is 0. The Morgan fingerprint density at radius 2 is 2.22 bits per heavy atom. The highest BCUT2D eigenvalue weighted by Gasteiger charge is 2.40. The van der Waals surface area contributed by atoms with Gasteiger partial charge in [-0.25, -0.2) is 4.40 Å². The second-order valence-corrected chi connectivity index (χ2v) is 2.50. The molecular weight excluding hydrogens is 151 g/mol. The van der Waals surface area contributed by atoms with Gasteiger partial charge in [-0.05, 0) is 11.9 Å². The fourth-order valence-electron chi connectivity index (χ4n) is 0.462. The molecule has 0 fully saturated rings. The predicted molar refractivity (Wildman–Crippen MR) is 30.5 cm³/mol. The molecule has 0 saturated heterocycles. The lowest BCUT2D eigenvalue weighted by molar-refractivity contribution is -0.147. The van der Waals surface area contributed by atoms with Crippen LogP contribution in [0, 0.1) is 5.92 Å². The van der Waals surface area contributed by atoms with E-state index in [9.17, 15) is 13.2 Å². The Balaban J connectivity index is 2.53. The first kappa shape index (κ1) is 6.92. The second-order valence-electron chi connectivity index (χ2n) is 1.70. The Kier molecular flexibility index (Phi) is 1.70. The van der Waals surface area contributed by atoms with E-state index in [2.05, 4.69) is 4.40 Å². The third-order valence-electron chi connectivity index (χ3n) is 0.990. The van der Waals surface area contributed by atoms with Gasteiger partial charge in [0.2, 0.25) is 0 Å². The lowest BCUT2D eigenvalue weighted by Crippen LogP contribution is -2.23. The molecule has 1 rings (SSSR count). The molecule has 0 aromatic carbocycles. The molecule has 1 aliphatic rings. The minimum Gasteiger partial charge on any atom is -0.228 e. The molecule has 0 aromatic rings. The van der Waals surface area contributed by atoms with Gasteiger partial charge in [0, 0.05) is 12.0 Å². The monoisotopic (exact) mass is 155 g/mol. The van der Waals surface area contributed by atoms with Gasteiger partial charge in [0.15, 0.2) is 0 Å². The first-order chi connectivity index (χ1) is 4.11. The predicted octanol–water partition coefficient (Wildman–Crippen LogP) is 1.90. The van der Waals surface area contributed by atoms with Gasteiger partial charge in [-0.2, -0.15) is 13.2 Å². The van der Waals surface area contributed by atoms with Crippen molar-refractivity contribution >= 4 is 18.2 Å². The summed E-state index contributed by atoms with van der Waals surface area (Å²) in [5, 5.41) is 0. The molecule has 0 spiro atoms. The molecule has 0 aromatic heterocycles. The zero-order valence-electron chi connectivity index (χ0n) is 4.35. The van der Waals surface area contributed by atoms with Gasteiger partial charge in [0.05, 0.1) is 0 Å². The van der Waals surface area contributed by atoms with Crippen LogP contribution >= 0.6 is 11.9 Å². The van der Waals surface area contributed by atoms with Crippen LogP contribution in [0.25, 0.3) is 0 Å². The zero-order chi connectivity index (χ0) is 6.91. The van der Waals surface area contributed by atoms with Crippen molar-refractivity contribution in [1.82, 2.24) is 0 Å². The summed E-state index contributed by atoms with van der Waals surface area (Å²) in [7, 11) is 0. The maximum Gasteiger partial charge on any atom is 0.397 e. The molecule has 0 radical (unpaired) electrons. The summed E-state index contributed by atoms with van der Waals surface area (Å²) >= 11 is 0.958. The molecule has 0 bridgehead atoms. The van der Waals surface area contributed by atoms with E-state index in [1.807, 2.05) is 0 Å². The molecule has 1 aliphatic heterocycles. The lowest BCUT2D eigenvalue weighted by Gasteiger charge is -2.08. The fraction of sp³-hybridized carbons (Fsp3) is 0.750. The van der Waals surface area contributed by atoms with Crippen LogP contribution < -0.4 is 0 Å². The molecule has 0 amide bonds. The summed E-state index contributed by atoms with van der Waals surface area (Å²) in [4.78, 5) is 0. The van der Waals surface area contributed by atoms with E-state index < -0.39 is 12.1 Å². The fourth-order valence-corrected chi connectivity index (χ4v) is 1.22. The molecule has 1 atom stereocenters. The van der Waals surface area contributed by atoms with Crippen molar-refractivity contribution in [2.75, 3.05) is 5.75 Å². The van der Waals surface area contributed by atoms with E-state index in [1.54, 1.807) is 0 Å². The van der Waals surface area contributed by atoms with E-state index >= 15 is 0 Å². The first-order valence-electron chi connectivity index (χ1n) is 2.33.